The second kappa shape index (κ2) is 13.8. The van der Waals surface area contributed by atoms with Crippen LogP contribution in [0.2, 0.25) is 0 Å². The fourth-order valence-electron chi connectivity index (χ4n) is 4.58. The Labute approximate surface area is 230 Å². The quantitative estimate of drug-likeness (QED) is 0.299. The molecule has 0 amide bonds. The number of ether oxygens (including phenoxy) is 5. The van der Waals surface area contributed by atoms with E-state index < -0.39 is 42.3 Å². The van der Waals surface area contributed by atoms with E-state index in [0.717, 1.165) is 16.7 Å². The number of hydrogen-bond donors (Lipinski definition) is 1. The predicted octanol–water partition coefficient (Wildman–Crippen LogP) is 5.76. The van der Waals surface area contributed by atoms with Gasteiger partial charge in [-0.3, -0.25) is 0 Å². The lowest BCUT2D eigenvalue weighted by molar-refractivity contribution is -0.311. The smallest absolute Gasteiger partial charge is 0.332 e. The molecule has 0 aliphatic carbocycles. The molecule has 208 valence electrons. The first-order valence-electron chi connectivity index (χ1n) is 13.3. The monoisotopic (exact) mass is 534 g/mol. The van der Waals surface area contributed by atoms with Gasteiger partial charge in [-0.25, -0.2) is 4.79 Å². The molecule has 0 spiro atoms. The number of benzene rings is 3. The van der Waals surface area contributed by atoms with Crippen molar-refractivity contribution in [2.24, 2.45) is 0 Å². The Morgan fingerprint density at radius 1 is 0.846 bits per heavy atom. The van der Waals surface area contributed by atoms with Crippen LogP contribution in [0.25, 0.3) is 0 Å². The van der Waals surface area contributed by atoms with Crippen LogP contribution in [0.5, 0.6) is 0 Å². The van der Waals surface area contributed by atoms with Gasteiger partial charge in [0.25, 0.3) is 0 Å². The molecule has 1 N–H and O–H groups in total. The summed E-state index contributed by atoms with van der Waals surface area (Å²) in [7, 11) is 0. The SMILES string of the molecule is CC(O[C@@H]1C[C@@H](OCc2ccccc2)[C@H](OCc2ccccc2)[C@@H](C(C)(C)OCc2ccccc2)O1)C(=O)O. The molecule has 3 aromatic rings. The van der Waals surface area contributed by atoms with Gasteiger partial charge in [-0.1, -0.05) is 91.0 Å². The summed E-state index contributed by atoms with van der Waals surface area (Å²) in [6.07, 6.45) is -3.07. The van der Waals surface area contributed by atoms with Gasteiger partial charge in [0.2, 0.25) is 0 Å². The summed E-state index contributed by atoms with van der Waals surface area (Å²) in [5, 5.41) is 9.47. The van der Waals surface area contributed by atoms with Crippen molar-refractivity contribution in [3.8, 4) is 0 Å². The zero-order valence-electron chi connectivity index (χ0n) is 22.8. The first-order valence-corrected chi connectivity index (χ1v) is 13.3. The summed E-state index contributed by atoms with van der Waals surface area (Å²) in [5.74, 6) is -1.06. The second-order valence-corrected chi connectivity index (χ2v) is 10.3. The zero-order valence-corrected chi connectivity index (χ0v) is 22.8. The topological polar surface area (TPSA) is 83.5 Å². The highest BCUT2D eigenvalue weighted by molar-refractivity contribution is 5.71. The van der Waals surface area contributed by atoms with Gasteiger partial charge in [0.15, 0.2) is 12.4 Å². The van der Waals surface area contributed by atoms with E-state index in [-0.39, 0.29) is 0 Å². The first kappa shape index (κ1) is 28.9. The molecule has 3 aromatic carbocycles. The molecule has 0 aromatic heterocycles. The number of carboxylic acids is 1. The van der Waals surface area contributed by atoms with E-state index in [1.165, 1.54) is 6.92 Å². The zero-order chi connectivity index (χ0) is 27.7. The van der Waals surface area contributed by atoms with Crippen molar-refractivity contribution in [2.45, 2.75) is 83.3 Å². The molecule has 39 heavy (non-hydrogen) atoms. The van der Waals surface area contributed by atoms with Gasteiger partial charge in [0.05, 0.1) is 31.5 Å². The first-order chi connectivity index (χ1) is 18.8. The molecule has 1 saturated heterocycles. The lowest BCUT2D eigenvalue weighted by Crippen LogP contribution is -2.60. The maximum Gasteiger partial charge on any atom is 0.332 e. The van der Waals surface area contributed by atoms with Crippen molar-refractivity contribution in [3.05, 3.63) is 108 Å². The van der Waals surface area contributed by atoms with E-state index >= 15 is 0 Å². The Balaban J connectivity index is 1.59. The highest BCUT2D eigenvalue weighted by atomic mass is 16.7. The van der Waals surface area contributed by atoms with Crippen LogP contribution in [-0.2, 0) is 48.3 Å². The van der Waals surface area contributed by atoms with Crippen LogP contribution < -0.4 is 0 Å². The lowest BCUT2D eigenvalue weighted by atomic mass is 9.89. The van der Waals surface area contributed by atoms with Crippen molar-refractivity contribution in [1.29, 1.82) is 0 Å². The standard InChI is InChI=1S/C32H38O7/c1-23(31(33)34)38-28-19-27(35-20-24-13-7-4-8-14-24)29(36-21-25-15-9-5-10-16-25)30(39-28)32(2,3)37-22-26-17-11-6-12-18-26/h4-18,23,27-30H,19-22H2,1-3H3,(H,33,34)/t23?,27-,28+,29+,30+/m1/s1. The van der Waals surface area contributed by atoms with Crippen molar-refractivity contribution in [2.75, 3.05) is 0 Å². The Morgan fingerprint density at radius 3 is 1.85 bits per heavy atom. The van der Waals surface area contributed by atoms with Crippen molar-refractivity contribution in [1.82, 2.24) is 0 Å². The molecule has 1 aliphatic heterocycles. The summed E-state index contributed by atoms with van der Waals surface area (Å²) in [6.45, 7) is 6.52. The largest absolute Gasteiger partial charge is 0.479 e. The number of rotatable bonds is 13. The van der Waals surface area contributed by atoms with Gasteiger partial charge in [-0.2, -0.15) is 0 Å². The van der Waals surface area contributed by atoms with Gasteiger partial charge in [-0.05, 0) is 37.5 Å². The van der Waals surface area contributed by atoms with Gasteiger partial charge >= 0.3 is 5.97 Å². The molecule has 7 heteroatoms. The van der Waals surface area contributed by atoms with Crippen molar-refractivity contribution >= 4 is 5.97 Å². The molecule has 5 atom stereocenters. The summed E-state index contributed by atoms with van der Waals surface area (Å²) in [5.41, 5.74) is 2.27. The summed E-state index contributed by atoms with van der Waals surface area (Å²) >= 11 is 0. The normalized spacial score (nSPS) is 22.3. The molecule has 1 unspecified atom stereocenters. The summed E-state index contributed by atoms with van der Waals surface area (Å²) < 4.78 is 31.6. The van der Waals surface area contributed by atoms with Gasteiger partial charge < -0.3 is 28.8 Å². The Bertz CT molecular complexity index is 1140. The predicted molar refractivity (Wildman–Crippen MR) is 147 cm³/mol. The number of carboxylic acid groups (broad SMARTS) is 1. The Morgan fingerprint density at radius 2 is 1.33 bits per heavy atom. The minimum absolute atomic E-state index is 0.315. The van der Waals surface area contributed by atoms with E-state index in [1.54, 1.807) is 0 Å². The van der Waals surface area contributed by atoms with Gasteiger partial charge in [-0.15, -0.1) is 0 Å². The second-order valence-electron chi connectivity index (χ2n) is 10.3. The van der Waals surface area contributed by atoms with Gasteiger partial charge in [0.1, 0.15) is 12.2 Å². The van der Waals surface area contributed by atoms with Crippen LogP contribution in [0.3, 0.4) is 0 Å². The van der Waals surface area contributed by atoms with Crippen LogP contribution in [-0.4, -0.2) is 47.4 Å². The molecule has 1 aliphatic rings. The third kappa shape index (κ3) is 8.46. The van der Waals surface area contributed by atoms with Crippen LogP contribution >= 0.6 is 0 Å². The van der Waals surface area contributed by atoms with E-state index in [1.807, 2.05) is 105 Å². The van der Waals surface area contributed by atoms with E-state index in [4.69, 9.17) is 23.7 Å². The van der Waals surface area contributed by atoms with Crippen LogP contribution in [0.1, 0.15) is 43.9 Å². The molecule has 1 heterocycles. The molecule has 0 saturated carbocycles. The lowest BCUT2D eigenvalue weighted by Gasteiger charge is -2.47. The third-order valence-electron chi connectivity index (χ3n) is 6.82. The molecular weight excluding hydrogens is 496 g/mol. The third-order valence-corrected chi connectivity index (χ3v) is 6.82. The Hall–Kier alpha value is -3.07. The fourth-order valence-corrected chi connectivity index (χ4v) is 4.58. The number of hydrogen-bond acceptors (Lipinski definition) is 6. The minimum Gasteiger partial charge on any atom is -0.479 e. The minimum atomic E-state index is -1.06. The van der Waals surface area contributed by atoms with E-state index in [0.29, 0.717) is 26.2 Å². The number of aliphatic carboxylic acids is 1. The molecular formula is C32H38O7. The highest BCUT2D eigenvalue weighted by Gasteiger charge is 2.49. The molecule has 1 fully saturated rings. The average molecular weight is 535 g/mol. The van der Waals surface area contributed by atoms with Crippen LogP contribution in [0.15, 0.2) is 91.0 Å². The van der Waals surface area contributed by atoms with Gasteiger partial charge in [0, 0.05) is 6.42 Å². The van der Waals surface area contributed by atoms with Crippen LogP contribution in [0, 0.1) is 0 Å². The van der Waals surface area contributed by atoms with E-state index in [2.05, 4.69) is 0 Å². The molecule has 4 rings (SSSR count). The van der Waals surface area contributed by atoms with E-state index in [9.17, 15) is 9.90 Å². The fraction of sp³-hybridized carbons (Fsp3) is 0.406. The average Bonchev–Trinajstić information content (AvgIpc) is 2.95. The Kier molecular flexibility index (Phi) is 10.3. The highest BCUT2D eigenvalue weighted by Crippen LogP contribution is 2.35. The summed E-state index contributed by atoms with van der Waals surface area (Å²) in [6, 6.07) is 29.8. The maximum absolute atomic E-state index is 11.6. The van der Waals surface area contributed by atoms with Crippen molar-refractivity contribution < 1.29 is 33.6 Å². The van der Waals surface area contributed by atoms with Crippen molar-refractivity contribution in [3.63, 3.8) is 0 Å². The maximum atomic E-state index is 11.6. The molecule has 0 bridgehead atoms. The molecule has 0 radical (unpaired) electrons. The van der Waals surface area contributed by atoms with Crippen LogP contribution in [0.4, 0.5) is 0 Å². The summed E-state index contributed by atoms with van der Waals surface area (Å²) in [4.78, 5) is 11.6. The number of carbonyl (C=O) groups is 1. The molecule has 7 nitrogen and oxygen atoms in total.